The molecule has 2 rings (SSSR count). The number of halogens is 3. The third kappa shape index (κ3) is 3.19. The molecule has 0 bridgehead atoms. The van der Waals surface area contributed by atoms with E-state index in [1.54, 1.807) is 24.3 Å². The maximum Gasteiger partial charge on any atom is 0.256 e. The normalized spacial score (nSPS) is 10.2. The van der Waals surface area contributed by atoms with E-state index < -0.39 is 0 Å². The number of nitrogens with one attached hydrogen (secondary N) is 1. The van der Waals surface area contributed by atoms with E-state index in [4.69, 9.17) is 23.2 Å². The maximum atomic E-state index is 11.9. The zero-order valence-electron chi connectivity index (χ0n) is 8.82. The second kappa shape index (κ2) is 5.65. The van der Waals surface area contributed by atoms with Gasteiger partial charge in [0.25, 0.3) is 5.91 Å². The molecule has 0 unspecified atom stereocenters. The minimum Gasteiger partial charge on any atom is -0.306 e. The van der Waals surface area contributed by atoms with Crippen LogP contribution in [0.15, 0.2) is 34.9 Å². The van der Waals surface area contributed by atoms with Crippen molar-refractivity contribution in [2.75, 3.05) is 5.32 Å². The van der Waals surface area contributed by atoms with Crippen LogP contribution in [-0.2, 0) is 0 Å². The van der Waals surface area contributed by atoms with Crippen LogP contribution in [0, 0.1) is 0 Å². The number of amides is 1. The maximum absolute atomic E-state index is 11.9. The van der Waals surface area contributed by atoms with Crippen LogP contribution in [0.5, 0.6) is 0 Å². The van der Waals surface area contributed by atoms with Crippen molar-refractivity contribution < 1.29 is 4.79 Å². The monoisotopic (exact) mass is 345 g/mol. The molecule has 92 valence electrons. The van der Waals surface area contributed by atoms with Gasteiger partial charge in [-0.15, -0.1) is 0 Å². The van der Waals surface area contributed by atoms with Crippen molar-refractivity contribution in [2.45, 2.75) is 0 Å². The number of hydrogen-bond donors (Lipinski definition) is 1. The predicted octanol–water partition coefficient (Wildman–Crippen LogP) is 3.80. The Kier molecular flexibility index (Phi) is 4.16. The van der Waals surface area contributed by atoms with Crippen molar-refractivity contribution in [3.05, 3.63) is 50.8 Å². The highest BCUT2D eigenvalue weighted by molar-refractivity contribution is 9.10. The zero-order valence-corrected chi connectivity index (χ0v) is 11.9. The van der Waals surface area contributed by atoms with E-state index >= 15 is 0 Å². The van der Waals surface area contributed by atoms with Crippen molar-refractivity contribution in [1.29, 1.82) is 0 Å². The summed E-state index contributed by atoms with van der Waals surface area (Å²) in [7, 11) is 0. The first-order valence-electron chi connectivity index (χ1n) is 4.81. The van der Waals surface area contributed by atoms with Crippen molar-refractivity contribution >= 4 is 50.9 Å². The Morgan fingerprint density at radius 3 is 2.72 bits per heavy atom. The summed E-state index contributed by atoms with van der Waals surface area (Å²) in [5.74, 6) is 0.0354. The molecule has 0 radical (unpaired) electrons. The Bertz CT molecular complexity index is 607. The molecule has 18 heavy (non-hydrogen) atoms. The molecular weight excluding hydrogens is 341 g/mol. The van der Waals surface area contributed by atoms with Crippen LogP contribution in [0.1, 0.15) is 10.4 Å². The Morgan fingerprint density at radius 2 is 2.06 bits per heavy atom. The molecule has 0 saturated heterocycles. The minimum atomic E-state index is -0.304. The largest absolute Gasteiger partial charge is 0.306 e. The second-order valence-electron chi connectivity index (χ2n) is 3.29. The molecule has 0 spiro atoms. The van der Waals surface area contributed by atoms with Gasteiger partial charge in [0.1, 0.15) is 5.82 Å². The standard InChI is InChI=1S/C11H6BrCl2N3O/c12-7-5-6(1-2-8(7)13)10(18)16-9-3-4-15-11(14)17-9/h1-5H,(H,15,16,17,18). The summed E-state index contributed by atoms with van der Waals surface area (Å²) in [6.07, 6.45) is 1.46. The summed E-state index contributed by atoms with van der Waals surface area (Å²) in [6, 6.07) is 6.42. The molecule has 0 aliphatic rings. The molecule has 0 aliphatic heterocycles. The number of carbonyl (C=O) groups is 1. The van der Waals surface area contributed by atoms with Crippen LogP contribution in [0.3, 0.4) is 0 Å². The third-order valence-electron chi connectivity index (χ3n) is 2.05. The summed E-state index contributed by atoms with van der Waals surface area (Å²) in [5, 5.41) is 3.22. The highest BCUT2D eigenvalue weighted by atomic mass is 79.9. The topological polar surface area (TPSA) is 54.9 Å². The molecule has 1 aromatic carbocycles. The molecule has 7 heteroatoms. The highest BCUT2D eigenvalue weighted by Gasteiger charge is 2.09. The molecule has 4 nitrogen and oxygen atoms in total. The number of rotatable bonds is 2. The van der Waals surface area contributed by atoms with E-state index in [1.807, 2.05) is 0 Å². The van der Waals surface area contributed by atoms with Crippen LogP contribution in [0.4, 0.5) is 5.82 Å². The van der Waals surface area contributed by atoms with E-state index in [0.717, 1.165) is 0 Å². The second-order valence-corrected chi connectivity index (χ2v) is 4.89. The van der Waals surface area contributed by atoms with Crippen molar-refractivity contribution in [2.24, 2.45) is 0 Å². The SMILES string of the molecule is O=C(Nc1ccnc(Cl)n1)c1ccc(Cl)c(Br)c1. The molecule has 0 saturated carbocycles. The fourth-order valence-electron chi connectivity index (χ4n) is 1.23. The molecule has 1 amide bonds. The van der Waals surface area contributed by atoms with E-state index in [2.05, 4.69) is 31.2 Å². The molecular formula is C11H6BrCl2N3O. The van der Waals surface area contributed by atoms with E-state index in [9.17, 15) is 4.79 Å². The van der Waals surface area contributed by atoms with Crippen molar-refractivity contribution in [3.63, 3.8) is 0 Å². The van der Waals surface area contributed by atoms with Gasteiger partial charge in [-0.2, -0.15) is 0 Å². The van der Waals surface area contributed by atoms with Crippen LogP contribution in [-0.4, -0.2) is 15.9 Å². The number of anilines is 1. The van der Waals surface area contributed by atoms with Gasteiger partial charge in [-0.1, -0.05) is 11.6 Å². The van der Waals surface area contributed by atoms with E-state index in [-0.39, 0.29) is 11.2 Å². The number of aromatic nitrogens is 2. The quantitative estimate of drug-likeness (QED) is 0.841. The average Bonchev–Trinajstić information content (AvgIpc) is 2.32. The van der Waals surface area contributed by atoms with E-state index in [1.165, 1.54) is 6.20 Å². The highest BCUT2D eigenvalue weighted by Crippen LogP contribution is 2.23. The lowest BCUT2D eigenvalue weighted by atomic mass is 10.2. The van der Waals surface area contributed by atoms with Crippen molar-refractivity contribution in [1.82, 2.24) is 9.97 Å². The fraction of sp³-hybridized carbons (Fsp3) is 0. The zero-order chi connectivity index (χ0) is 13.1. The molecule has 1 aromatic heterocycles. The number of nitrogens with zero attached hydrogens (tertiary/aromatic N) is 2. The Morgan fingerprint density at radius 1 is 1.28 bits per heavy atom. The molecule has 0 aliphatic carbocycles. The van der Waals surface area contributed by atoms with Crippen LogP contribution in [0.2, 0.25) is 10.3 Å². The molecule has 2 aromatic rings. The first kappa shape index (κ1) is 13.3. The summed E-state index contributed by atoms with van der Waals surface area (Å²) < 4.78 is 0.650. The molecule has 0 atom stereocenters. The first-order chi connectivity index (χ1) is 8.56. The third-order valence-corrected chi connectivity index (χ3v) is 3.45. The lowest BCUT2D eigenvalue weighted by Gasteiger charge is -2.05. The van der Waals surface area contributed by atoms with Gasteiger partial charge < -0.3 is 5.32 Å². The molecule has 1 heterocycles. The van der Waals surface area contributed by atoms with Gasteiger partial charge in [0.05, 0.1) is 5.02 Å². The first-order valence-corrected chi connectivity index (χ1v) is 6.36. The van der Waals surface area contributed by atoms with Crippen LogP contribution in [0.25, 0.3) is 0 Å². The van der Waals surface area contributed by atoms with Gasteiger partial charge in [0.2, 0.25) is 5.28 Å². The number of carbonyl (C=O) groups excluding carboxylic acids is 1. The Labute approximate surface area is 121 Å². The summed E-state index contributed by atoms with van der Waals surface area (Å²) in [6.45, 7) is 0. The summed E-state index contributed by atoms with van der Waals surface area (Å²) >= 11 is 14.7. The van der Waals surface area contributed by atoms with Gasteiger partial charge in [-0.25, -0.2) is 9.97 Å². The van der Waals surface area contributed by atoms with Gasteiger partial charge in [0.15, 0.2) is 0 Å². The van der Waals surface area contributed by atoms with Gasteiger partial charge in [0, 0.05) is 16.2 Å². The molecule has 1 N–H and O–H groups in total. The lowest BCUT2D eigenvalue weighted by molar-refractivity contribution is 0.102. The summed E-state index contributed by atoms with van der Waals surface area (Å²) in [5.41, 5.74) is 0.459. The number of benzene rings is 1. The minimum absolute atomic E-state index is 0.0742. The Hall–Kier alpha value is -1.17. The van der Waals surface area contributed by atoms with Gasteiger partial charge in [-0.3, -0.25) is 4.79 Å². The van der Waals surface area contributed by atoms with E-state index in [0.29, 0.717) is 20.9 Å². The Balaban J connectivity index is 2.19. The number of hydrogen-bond acceptors (Lipinski definition) is 3. The van der Waals surface area contributed by atoms with Crippen LogP contribution < -0.4 is 5.32 Å². The van der Waals surface area contributed by atoms with Crippen LogP contribution >= 0.6 is 39.1 Å². The smallest absolute Gasteiger partial charge is 0.256 e. The summed E-state index contributed by atoms with van der Waals surface area (Å²) in [4.78, 5) is 19.5. The average molecular weight is 347 g/mol. The van der Waals surface area contributed by atoms with Crippen molar-refractivity contribution in [3.8, 4) is 0 Å². The predicted molar refractivity (Wildman–Crippen MR) is 74.1 cm³/mol. The van der Waals surface area contributed by atoms with Gasteiger partial charge in [-0.05, 0) is 51.8 Å². The molecule has 0 fully saturated rings. The fourth-order valence-corrected chi connectivity index (χ4v) is 1.87. The lowest BCUT2D eigenvalue weighted by Crippen LogP contribution is -2.13. The van der Waals surface area contributed by atoms with Gasteiger partial charge >= 0.3 is 0 Å².